The van der Waals surface area contributed by atoms with Crippen LogP contribution in [-0.4, -0.2) is 37.1 Å². The van der Waals surface area contributed by atoms with Gasteiger partial charge in [-0.25, -0.2) is 8.42 Å². The summed E-state index contributed by atoms with van der Waals surface area (Å²) in [6.07, 6.45) is 4.56. The van der Waals surface area contributed by atoms with Crippen molar-refractivity contribution >= 4 is 43.8 Å². The van der Waals surface area contributed by atoms with Crippen LogP contribution in [0.2, 0.25) is 0 Å². The average molecular weight is 477 g/mol. The summed E-state index contributed by atoms with van der Waals surface area (Å²) in [4.78, 5) is 23.7. The van der Waals surface area contributed by atoms with E-state index in [9.17, 15) is 23.1 Å². The molecule has 29 heavy (non-hydrogen) atoms. The van der Waals surface area contributed by atoms with E-state index in [-0.39, 0.29) is 23.6 Å². The molecule has 1 aliphatic heterocycles. The van der Waals surface area contributed by atoms with E-state index >= 15 is 0 Å². The lowest BCUT2D eigenvalue weighted by atomic mass is 10.1. The Bertz CT molecular complexity index is 1050. The number of allylic oxidation sites excluding steroid dienone is 1. The highest BCUT2D eigenvalue weighted by Gasteiger charge is 2.34. The quantitative estimate of drug-likeness (QED) is 0.471. The van der Waals surface area contributed by atoms with Gasteiger partial charge in [-0.1, -0.05) is 40.5 Å². The molecule has 1 atom stereocenters. The van der Waals surface area contributed by atoms with E-state index in [4.69, 9.17) is 0 Å². The smallest absolute Gasteiger partial charge is 0.243 e. The molecule has 0 spiro atoms. The molecule has 0 N–H and O–H groups in total. The average Bonchev–Trinajstić information content (AvgIpc) is 2.73. The summed E-state index contributed by atoms with van der Waals surface area (Å²) < 4.78 is 27.6. The molecule has 8 heteroatoms. The molecular formula is C21H19BrNO5S-. The van der Waals surface area contributed by atoms with E-state index in [1.54, 1.807) is 6.08 Å². The van der Waals surface area contributed by atoms with E-state index < -0.39 is 22.0 Å². The SMILES string of the molecule is O=C(C=Cc1ccccc1Br)c1ccc(S(=O)(=O)N2CCCCC2C(=O)[O-])cc1. The Hall–Kier alpha value is -2.29. The number of carboxylic acid groups (broad SMARTS) is 1. The van der Waals surface area contributed by atoms with Crippen molar-refractivity contribution in [2.75, 3.05) is 6.54 Å². The number of nitrogens with zero attached hydrogens (tertiary/aromatic N) is 1. The van der Waals surface area contributed by atoms with Crippen LogP contribution >= 0.6 is 15.9 Å². The van der Waals surface area contributed by atoms with Gasteiger partial charge in [-0.2, -0.15) is 4.31 Å². The molecule has 0 saturated carbocycles. The number of ketones is 1. The van der Waals surface area contributed by atoms with Gasteiger partial charge >= 0.3 is 0 Å². The lowest BCUT2D eigenvalue weighted by Gasteiger charge is -2.35. The number of hydrogen-bond donors (Lipinski definition) is 0. The molecule has 3 rings (SSSR count). The summed E-state index contributed by atoms with van der Waals surface area (Å²) >= 11 is 3.41. The monoisotopic (exact) mass is 476 g/mol. The molecule has 1 heterocycles. The van der Waals surface area contributed by atoms with Gasteiger partial charge in [0.05, 0.1) is 16.9 Å². The molecule has 152 valence electrons. The van der Waals surface area contributed by atoms with Crippen molar-refractivity contribution < 1.29 is 23.1 Å². The summed E-state index contributed by atoms with van der Waals surface area (Å²) in [5, 5.41) is 11.3. The first-order valence-corrected chi connectivity index (χ1v) is 11.3. The van der Waals surface area contributed by atoms with Crippen LogP contribution in [-0.2, 0) is 14.8 Å². The summed E-state index contributed by atoms with van der Waals surface area (Å²) in [6.45, 7) is 0.135. The third-order valence-corrected chi connectivity index (χ3v) is 7.44. The minimum Gasteiger partial charge on any atom is -0.548 e. The fourth-order valence-corrected chi connectivity index (χ4v) is 5.29. The van der Waals surface area contributed by atoms with E-state index in [2.05, 4.69) is 15.9 Å². The number of piperidine rings is 1. The second-order valence-corrected chi connectivity index (χ2v) is 9.43. The van der Waals surface area contributed by atoms with Crippen LogP contribution < -0.4 is 5.11 Å². The van der Waals surface area contributed by atoms with Crippen LogP contribution in [0.3, 0.4) is 0 Å². The van der Waals surface area contributed by atoms with Crippen molar-refractivity contribution in [3.8, 4) is 0 Å². The molecule has 0 radical (unpaired) electrons. The molecule has 1 unspecified atom stereocenters. The van der Waals surface area contributed by atoms with E-state index in [0.717, 1.165) is 14.3 Å². The van der Waals surface area contributed by atoms with Crippen LogP contribution in [0.15, 0.2) is 64.0 Å². The number of aliphatic carboxylic acids is 1. The van der Waals surface area contributed by atoms with Gasteiger partial charge in [0.2, 0.25) is 10.0 Å². The van der Waals surface area contributed by atoms with Crippen LogP contribution in [0.4, 0.5) is 0 Å². The number of carboxylic acids is 1. The third-order valence-electron chi connectivity index (χ3n) is 4.79. The molecule has 2 aromatic rings. The number of hydrogen-bond acceptors (Lipinski definition) is 5. The molecule has 1 saturated heterocycles. The summed E-state index contributed by atoms with van der Waals surface area (Å²) in [5.41, 5.74) is 1.18. The highest BCUT2D eigenvalue weighted by molar-refractivity contribution is 9.10. The van der Waals surface area contributed by atoms with Gasteiger partial charge in [-0.15, -0.1) is 0 Å². The first-order valence-electron chi connectivity index (χ1n) is 9.10. The molecule has 1 aliphatic rings. The largest absolute Gasteiger partial charge is 0.548 e. The topological polar surface area (TPSA) is 94.6 Å². The Kier molecular flexibility index (Phi) is 6.66. The fraction of sp³-hybridized carbons (Fsp3) is 0.238. The Morgan fingerprint density at radius 2 is 1.76 bits per heavy atom. The van der Waals surface area contributed by atoms with Crippen molar-refractivity contribution in [2.45, 2.75) is 30.2 Å². The number of carbonyl (C=O) groups is 2. The Morgan fingerprint density at radius 1 is 1.07 bits per heavy atom. The second kappa shape index (κ2) is 9.02. The zero-order valence-electron chi connectivity index (χ0n) is 15.5. The molecule has 0 bridgehead atoms. The van der Waals surface area contributed by atoms with Gasteiger partial charge < -0.3 is 9.90 Å². The number of halogens is 1. The van der Waals surface area contributed by atoms with Gasteiger partial charge in [0.15, 0.2) is 5.78 Å². The van der Waals surface area contributed by atoms with E-state index in [0.29, 0.717) is 18.4 Å². The lowest BCUT2D eigenvalue weighted by Crippen LogP contribution is -2.52. The Morgan fingerprint density at radius 3 is 2.41 bits per heavy atom. The highest BCUT2D eigenvalue weighted by atomic mass is 79.9. The lowest BCUT2D eigenvalue weighted by molar-refractivity contribution is -0.311. The fourth-order valence-electron chi connectivity index (χ4n) is 3.23. The highest BCUT2D eigenvalue weighted by Crippen LogP contribution is 2.25. The maximum Gasteiger partial charge on any atom is 0.243 e. The predicted molar refractivity (Wildman–Crippen MR) is 110 cm³/mol. The number of benzene rings is 2. The molecular weight excluding hydrogens is 458 g/mol. The van der Waals surface area contributed by atoms with Crippen molar-refractivity contribution in [1.29, 1.82) is 0 Å². The third kappa shape index (κ3) is 4.83. The minimum atomic E-state index is -3.98. The first kappa shape index (κ1) is 21.4. The van der Waals surface area contributed by atoms with E-state index in [1.165, 1.54) is 30.3 Å². The van der Waals surface area contributed by atoms with Crippen molar-refractivity contribution in [3.63, 3.8) is 0 Å². The van der Waals surface area contributed by atoms with Crippen LogP contribution in [0.1, 0.15) is 35.2 Å². The number of rotatable bonds is 6. The van der Waals surface area contributed by atoms with Crippen molar-refractivity contribution in [3.05, 3.63) is 70.2 Å². The van der Waals surface area contributed by atoms with Gasteiger partial charge in [0, 0.05) is 16.6 Å². The first-order chi connectivity index (χ1) is 13.8. The zero-order chi connectivity index (χ0) is 21.0. The molecule has 2 aromatic carbocycles. The van der Waals surface area contributed by atoms with Crippen molar-refractivity contribution in [2.24, 2.45) is 0 Å². The molecule has 1 fully saturated rings. The Balaban J connectivity index is 1.79. The second-order valence-electron chi connectivity index (χ2n) is 6.69. The normalized spacial score (nSPS) is 18.0. The number of sulfonamides is 1. The summed E-state index contributed by atoms with van der Waals surface area (Å²) in [6, 6.07) is 11.8. The van der Waals surface area contributed by atoms with Gasteiger partial charge in [-0.05, 0) is 60.9 Å². The minimum absolute atomic E-state index is 0.0445. The standard InChI is InChI=1S/C21H20BrNO5S/c22-18-6-2-1-5-15(18)10-13-20(24)16-8-11-17(12-9-16)29(27,28)23-14-4-3-7-19(23)21(25)26/h1-2,5-6,8-13,19H,3-4,7,14H2,(H,25,26)/p-1. The molecule has 0 aromatic heterocycles. The van der Waals surface area contributed by atoms with Crippen LogP contribution in [0, 0.1) is 0 Å². The maximum atomic E-state index is 12.9. The van der Waals surface area contributed by atoms with E-state index in [1.807, 2.05) is 24.3 Å². The zero-order valence-corrected chi connectivity index (χ0v) is 17.9. The van der Waals surface area contributed by atoms with Gasteiger partial charge in [0.25, 0.3) is 0 Å². The van der Waals surface area contributed by atoms with Crippen molar-refractivity contribution in [1.82, 2.24) is 4.31 Å². The summed E-state index contributed by atoms with van der Waals surface area (Å²) in [7, 11) is -3.98. The summed E-state index contributed by atoms with van der Waals surface area (Å²) in [5.74, 6) is -1.66. The van der Waals surface area contributed by atoms with Gasteiger partial charge in [-0.3, -0.25) is 4.79 Å². The predicted octanol–water partition coefficient (Wildman–Crippen LogP) is 2.64. The van der Waals surface area contributed by atoms with Crippen LogP contribution in [0.5, 0.6) is 0 Å². The molecule has 6 nitrogen and oxygen atoms in total. The Labute approximate surface area is 178 Å². The molecule has 0 aliphatic carbocycles. The maximum absolute atomic E-state index is 12.9. The molecule has 0 amide bonds. The van der Waals surface area contributed by atoms with Gasteiger partial charge in [0.1, 0.15) is 0 Å². The number of carbonyl (C=O) groups excluding carboxylic acids is 2. The van der Waals surface area contributed by atoms with Crippen LogP contribution in [0.25, 0.3) is 6.08 Å².